The molecule has 0 radical (unpaired) electrons. The molecule has 1 fully saturated rings. The molecule has 3 aliphatic rings. The molecule has 78 heavy (non-hydrogen) atoms. The number of carbonyl (C=O) groups is 10. The van der Waals surface area contributed by atoms with Crippen LogP contribution in [0, 0.1) is 23.7 Å². The second kappa shape index (κ2) is 29.7. The van der Waals surface area contributed by atoms with Gasteiger partial charge < -0.3 is 72.5 Å². The minimum absolute atomic E-state index is 0. The van der Waals surface area contributed by atoms with E-state index in [1.807, 2.05) is 20.8 Å². The number of Topliss-reactive ketones (excluding diaryl/α,β-unsaturated/α-hetero) is 2. The predicted molar refractivity (Wildman–Crippen MR) is 285 cm³/mol. The molecular weight excluding hydrogens is 1040 g/mol. The van der Waals surface area contributed by atoms with Crippen molar-refractivity contribution in [3.63, 3.8) is 0 Å². The molecule has 3 aliphatic heterocycles. The number of fused-ring (bicyclic) bond motifs is 5. The fourth-order valence-electron chi connectivity index (χ4n) is 9.74. The number of aliphatic hydroxyl groups excluding tert-OH is 3. The standard InChI is InChI=1S/C53H78N8O15S.H2O/c1-7-28(2)46-50(73)56-23-43(68)57-37-27-77-51-35(34-15-14-33(22-36(34)58-51)75-16-12-10-8-9-11-13-45(70)76-53(4,5)6)17-30(48(71)55-24-44(69)59-46)18-40(65)47(29(3)41(66)26-62)60-49(72)38-21-32(63)25-61(38)52(74)31(19-39(37)64)20-42(54)67;/h14-15,22,28-32,37-38,41,46-47,58,62-63,66H,7-13,16-21,23-27H2,1-6H3,(H2,54,67)(H,55,71)(H,56,73)(H,57,68)(H,59,69)(H,60,72);1H2/t28-,29-,30-,31-,32+,37-,38-,41-,46-,47-;/m0./s1. The van der Waals surface area contributed by atoms with Gasteiger partial charge in [0.15, 0.2) is 11.6 Å². The zero-order valence-electron chi connectivity index (χ0n) is 45.4. The van der Waals surface area contributed by atoms with Crippen molar-refractivity contribution in [3.05, 3.63) is 23.8 Å². The number of aromatic nitrogens is 1. The lowest BCUT2D eigenvalue weighted by molar-refractivity contribution is -0.155. The Kier molecular flexibility index (Phi) is 24.5. The van der Waals surface area contributed by atoms with Crippen molar-refractivity contribution in [1.29, 1.82) is 0 Å². The summed E-state index contributed by atoms with van der Waals surface area (Å²) >= 11 is 0.358. The second-order valence-electron chi connectivity index (χ2n) is 21.5. The first-order valence-corrected chi connectivity index (χ1v) is 27.7. The first-order chi connectivity index (χ1) is 36.4. The number of carbonyl (C=O) groups excluding carboxylic acids is 10. The van der Waals surface area contributed by atoms with Crippen molar-refractivity contribution in [2.24, 2.45) is 29.4 Å². The average Bonchev–Trinajstić information content (AvgIpc) is 3.95. The molecule has 4 heterocycles. The van der Waals surface area contributed by atoms with E-state index in [1.165, 1.54) is 6.92 Å². The largest absolute Gasteiger partial charge is 0.870 e. The first-order valence-electron chi connectivity index (χ1n) is 26.6. The third-order valence-corrected chi connectivity index (χ3v) is 15.5. The van der Waals surface area contributed by atoms with E-state index in [0.717, 1.165) is 30.6 Å². The van der Waals surface area contributed by atoms with Crippen LogP contribution < -0.4 is 37.1 Å². The van der Waals surface area contributed by atoms with Crippen LogP contribution in [0.2, 0.25) is 0 Å². The molecule has 2 bridgehead atoms. The summed E-state index contributed by atoms with van der Waals surface area (Å²) in [5, 5.41) is 45.9. The summed E-state index contributed by atoms with van der Waals surface area (Å²) in [6.45, 7) is 8.24. The Morgan fingerprint density at radius 2 is 1.53 bits per heavy atom. The Labute approximate surface area is 457 Å². The summed E-state index contributed by atoms with van der Waals surface area (Å²) < 4.78 is 11.5. The van der Waals surface area contributed by atoms with E-state index in [2.05, 4.69) is 31.6 Å². The first kappa shape index (κ1) is 64.4. The van der Waals surface area contributed by atoms with Gasteiger partial charge in [-0.15, -0.1) is 0 Å². The van der Waals surface area contributed by atoms with Gasteiger partial charge in [-0.1, -0.05) is 46.5 Å². The predicted octanol–water partition coefficient (Wildman–Crippen LogP) is -0.494. The van der Waals surface area contributed by atoms with E-state index in [4.69, 9.17) is 15.2 Å². The lowest BCUT2D eigenvalue weighted by atomic mass is 9.85. The highest BCUT2D eigenvalue weighted by Gasteiger charge is 2.45. The van der Waals surface area contributed by atoms with Crippen LogP contribution in [0.4, 0.5) is 0 Å². The van der Waals surface area contributed by atoms with Crippen molar-refractivity contribution in [2.75, 3.05) is 38.6 Å². The molecule has 0 unspecified atom stereocenters. The van der Waals surface area contributed by atoms with Gasteiger partial charge >= 0.3 is 5.97 Å². The number of ether oxygens (including phenoxy) is 2. The van der Waals surface area contributed by atoms with Crippen LogP contribution in [-0.2, 0) is 70.9 Å². The van der Waals surface area contributed by atoms with Gasteiger partial charge in [0.1, 0.15) is 35.2 Å². The Hall–Kier alpha value is -6.15. The molecule has 434 valence electrons. The molecule has 7 amide bonds. The smallest absolute Gasteiger partial charge is 0.306 e. The van der Waals surface area contributed by atoms with Gasteiger partial charge in [0.05, 0.1) is 56.0 Å². The Bertz CT molecular complexity index is 2480. The highest BCUT2D eigenvalue weighted by molar-refractivity contribution is 7.78. The van der Waals surface area contributed by atoms with E-state index < -0.39 is 164 Å². The van der Waals surface area contributed by atoms with Crippen LogP contribution >= 0.6 is 0 Å². The number of rotatable bonds is 16. The zero-order valence-corrected chi connectivity index (χ0v) is 46.3. The summed E-state index contributed by atoms with van der Waals surface area (Å²) in [4.78, 5) is 143. The lowest BCUT2D eigenvalue weighted by Gasteiger charge is -2.32. The number of thiol groups is 1. The minimum atomic E-state index is -1.60. The summed E-state index contributed by atoms with van der Waals surface area (Å²) in [5.41, 5.74) is 6.12. The maximum Gasteiger partial charge on any atom is 0.306 e. The molecule has 2 aromatic rings. The van der Waals surface area contributed by atoms with Crippen LogP contribution in [0.3, 0.4) is 0 Å². The SMILES string of the molecule is CC[C@H](C)[C@@H]1NC(=O)CNC(=O)[C@@H]2CC(=O)[C@H]([C@@H](C)[C@@H](O)CO)NC(=O)[C@@H]3C[C@@H](O)CN3C(=O)[C@H](CC(N)=O)CC(=O)[C@H](C[SH+]c3[nH]c4cc(OCCCCCCCC(=O)OC(C)(C)C)ccc4c3C2)NC(=O)CNC1=O.[OH-]. The summed E-state index contributed by atoms with van der Waals surface area (Å²) in [5.74, 6) is -11.7. The van der Waals surface area contributed by atoms with Crippen molar-refractivity contribution >= 4 is 81.6 Å². The highest BCUT2D eigenvalue weighted by atomic mass is 32.2. The monoisotopic (exact) mass is 1120 g/mol. The van der Waals surface area contributed by atoms with E-state index >= 15 is 0 Å². The number of primary amides is 1. The van der Waals surface area contributed by atoms with Gasteiger partial charge in [0.25, 0.3) is 0 Å². The number of hydrogen-bond donors (Lipinski definition) is 10. The van der Waals surface area contributed by atoms with Crippen molar-refractivity contribution in [1.82, 2.24) is 36.5 Å². The van der Waals surface area contributed by atoms with Gasteiger partial charge in [-0.3, -0.25) is 47.9 Å². The molecule has 25 heteroatoms. The molecular formula is C53H80N8O16S. The number of nitrogens with one attached hydrogen (secondary N) is 6. The maximum absolute atomic E-state index is 14.8. The topological polar surface area (TPSA) is 385 Å². The number of esters is 1. The fraction of sp³-hybridized carbons (Fsp3) is 0.660. The number of amides is 7. The molecule has 12 N–H and O–H groups in total. The summed E-state index contributed by atoms with van der Waals surface area (Å²) in [6.07, 6.45) is -0.542. The van der Waals surface area contributed by atoms with Crippen LogP contribution in [0.15, 0.2) is 23.2 Å². The van der Waals surface area contributed by atoms with Crippen LogP contribution in [0.5, 0.6) is 5.75 Å². The molecule has 24 nitrogen and oxygen atoms in total. The molecule has 5 rings (SSSR count). The third-order valence-electron chi connectivity index (χ3n) is 14.2. The van der Waals surface area contributed by atoms with Gasteiger partial charge in [-0.2, -0.15) is 0 Å². The molecule has 0 aliphatic carbocycles. The van der Waals surface area contributed by atoms with Crippen molar-refractivity contribution in [3.8, 4) is 5.75 Å². The van der Waals surface area contributed by atoms with Crippen molar-refractivity contribution < 1.29 is 78.2 Å². The van der Waals surface area contributed by atoms with E-state index in [9.17, 15) is 63.3 Å². The van der Waals surface area contributed by atoms with Gasteiger partial charge in [-0.05, 0) is 58.1 Å². The third kappa shape index (κ3) is 18.5. The Morgan fingerprint density at radius 3 is 2.19 bits per heavy atom. The Morgan fingerprint density at radius 1 is 0.859 bits per heavy atom. The highest BCUT2D eigenvalue weighted by Crippen LogP contribution is 2.32. The number of nitrogens with zero attached hydrogens (tertiary/aromatic N) is 1. The van der Waals surface area contributed by atoms with Crippen LogP contribution in [0.25, 0.3) is 10.9 Å². The minimum Gasteiger partial charge on any atom is -0.870 e. The number of benzene rings is 1. The van der Waals surface area contributed by atoms with E-state index in [1.54, 1.807) is 32.0 Å². The number of ketones is 2. The fourth-order valence-corrected chi connectivity index (χ4v) is 11.0. The molecule has 0 spiro atoms. The van der Waals surface area contributed by atoms with Gasteiger partial charge in [0.2, 0.25) is 46.4 Å². The van der Waals surface area contributed by atoms with Crippen molar-refractivity contribution in [2.45, 2.75) is 166 Å². The van der Waals surface area contributed by atoms with Gasteiger partial charge in [-0.25, -0.2) is 0 Å². The molecule has 10 atom stereocenters. The molecule has 1 saturated heterocycles. The van der Waals surface area contributed by atoms with Crippen LogP contribution in [-0.4, -0.2) is 170 Å². The van der Waals surface area contributed by atoms with Gasteiger partial charge in [0, 0.05) is 79.3 Å². The average molecular weight is 1120 g/mol. The van der Waals surface area contributed by atoms with E-state index in [-0.39, 0.29) is 30.0 Å². The maximum atomic E-state index is 14.8. The van der Waals surface area contributed by atoms with Crippen LogP contribution in [0.1, 0.15) is 118 Å². The van der Waals surface area contributed by atoms with E-state index in [0.29, 0.717) is 64.9 Å². The lowest BCUT2D eigenvalue weighted by Crippen LogP contribution is -2.56. The molecule has 1 aromatic carbocycles. The quantitative estimate of drug-likeness (QED) is 0.0439. The number of nitrogens with two attached hydrogens (primary N) is 1. The number of aliphatic hydroxyl groups is 3. The normalized spacial score (nSPS) is 24.7. The summed E-state index contributed by atoms with van der Waals surface area (Å²) in [7, 11) is 0. The number of unbranched alkanes of at least 4 members (excludes halogenated alkanes) is 4. The summed E-state index contributed by atoms with van der Waals surface area (Å²) in [6, 6.07) is -0.352. The number of aromatic amines is 1. The molecule has 1 aromatic heterocycles. The number of hydrogen-bond acceptors (Lipinski definition) is 16. The Balaban J connectivity index is 0.0000131. The second-order valence-corrected chi connectivity index (χ2v) is 22.7. The number of H-pyrrole nitrogens is 1. The zero-order chi connectivity index (χ0) is 56.7. The molecule has 0 saturated carbocycles.